The van der Waals surface area contributed by atoms with E-state index in [9.17, 15) is 9.18 Å². The zero-order chi connectivity index (χ0) is 12.0. The first kappa shape index (κ1) is 12.2. The van der Waals surface area contributed by atoms with Crippen molar-refractivity contribution in [3.63, 3.8) is 0 Å². The minimum absolute atomic E-state index is 0.250. The van der Waals surface area contributed by atoms with E-state index < -0.39 is 0 Å². The van der Waals surface area contributed by atoms with E-state index in [0.717, 1.165) is 10.8 Å². The molecule has 0 aromatic heterocycles. The van der Waals surface area contributed by atoms with Crippen molar-refractivity contribution in [2.75, 3.05) is 6.67 Å². The van der Waals surface area contributed by atoms with Crippen molar-refractivity contribution in [3.8, 4) is 0 Å². The van der Waals surface area contributed by atoms with Crippen LogP contribution in [-0.2, 0) is 0 Å². The van der Waals surface area contributed by atoms with Gasteiger partial charge in [-0.15, -0.1) is 0 Å². The molecular weight excluding hydrogens is 205 g/mol. The fourth-order valence-corrected chi connectivity index (χ4v) is 1.44. The van der Waals surface area contributed by atoms with Gasteiger partial charge >= 0.3 is 0 Å². The van der Waals surface area contributed by atoms with E-state index in [-0.39, 0.29) is 12.6 Å². The lowest BCUT2D eigenvalue weighted by atomic mass is 10.0. The fraction of sp³-hybridized carbons (Fsp3) is 0.154. The maximum absolute atomic E-state index is 11.0. The van der Waals surface area contributed by atoms with Crippen molar-refractivity contribution >= 4 is 16.7 Å². The van der Waals surface area contributed by atoms with Crippen LogP contribution in [0.2, 0.25) is 0 Å². The predicted molar refractivity (Wildman–Crippen MR) is 64.1 cm³/mol. The smallest absolute Gasteiger partial charge is 0.249 e. The highest BCUT2D eigenvalue weighted by Crippen LogP contribution is 2.17. The lowest BCUT2D eigenvalue weighted by Gasteiger charge is -2.01. The maximum Gasteiger partial charge on any atom is 0.249 e. The van der Waals surface area contributed by atoms with E-state index in [4.69, 9.17) is 5.73 Å². The SMILES string of the molecule is CCF.NC(=O)c1cccc2ccccc12. The van der Waals surface area contributed by atoms with Gasteiger partial charge in [-0.3, -0.25) is 9.18 Å². The highest BCUT2D eigenvalue weighted by atomic mass is 19.1. The van der Waals surface area contributed by atoms with Gasteiger partial charge in [-0.25, -0.2) is 0 Å². The lowest BCUT2D eigenvalue weighted by Crippen LogP contribution is -2.11. The first-order chi connectivity index (χ1) is 7.70. The summed E-state index contributed by atoms with van der Waals surface area (Å²) in [6, 6.07) is 13.2. The summed E-state index contributed by atoms with van der Waals surface area (Å²) in [5, 5.41) is 1.95. The molecule has 0 atom stereocenters. The Hall–Kier alpha value is -1.90. The van der Waals surface area contributed by atoms with Crippen LogP contribution in [0.4, 0.5) is 4.39 Å². The summed E-state index contributed by atoms with van der Waals surface area (Å²) >= 11 is 0. The molecule has 0 aliphatic heterocycles. The Morgan fingerprint density at radius 3 is 2.38 bits per heavy atom. The Bertz CT molecular complexity index is 477. The van der Waals surface area contributed by atoms with Gasteiger partial charge in [0.05, 0.1) is 6.67 Å². The second-order valence-electron chi connectivity index (χ2n) is 3.16. The summed E-state index contributed by atoms with van der Waals surface area (Å²) in [6.07, 6.45) is 0. The molecule has 2 N–H and O–H groups in total. The molecule has 0 unspecified atom stereocenters. The minimum atomic E-state index is -0.378. The molecule has 0 saturated carbocycles. The number of carbonyl (C=O) groups excluding carboxylic acids is 1. The van der Waals surface area contributed by atoms with Gasteiger partial charge in [0, 0.05) is 5.56 Å². The molecule has 16 heavy (non-hydrogen) atoms. The van der Waals surface area contributed by atoms with E-state index >= 15 is 0 Å². The molecule has 0 radical (unpaired) electrons. The largest absolute Gasteiger partial charge is 0.366 e. The van der Waals surface area contributed by atoms with Crippen LogP contribution in [0.15, 0.2) is 42.5 Å². The molecular formula is C13H14FNO. The summed E-state index contributed by atoms with van der Waals surface area (Å²) < 4.78 is 10.3. The highest BCUT2D eigenvalue weighted by molar-refractivity contribution is 6.06. The Balaban J connectivity index is 0.000000386. The van der Waals surface area contributed by atoms with E-state index in [0.29, 0.717) is 5.56 Å². The van der Waals surface area contributed by atoms with Crippen LogP contribution in [-0.4, -0.2) is 12.6 Å². The topological polar surface area (TPSA) is 43.1 Å². The van der Waals surface area contributed by atoms with Crippen LogP contribution in [0.5, 0.6) is 0 Å². The van der Waals surface area contributed by atoms with Gasteiger partial charge in [0.25, 0.3) is 0 Å². The van der Waals surface area contributed by atoms with Crippen LogP contribution in [0.3, 0.4) is 0 Å². The third-order valence-corrected chi connectivity index (χ3v) is 2.06. The van der Waals surface area contributed by atoms with E-state index in [1.165, 1.54) is 6.92 Å². The Kier molecular flexibility index (Phi) is 4.45. The molecule has 0 fully saturated rings. The number of amides is 1. The highest BCUT2D eigenvalue weighted by Gasteiger charge is 2.03. The van der Waals surface area contributed by atoms with Crippen LogP contribution in [0, 0.1) is 0 Å². The number of rotatable bonds is 1. The molecule has 2 rings (SSSR count). The second-order valence-corrected chi connectivity index (χ2v) is 3.16. The van der Waals surface area contributed by atoms with Crippen LogP contribution in [0.1, 0.15) is 17.3 Å². The van der Waals surface area contributed by atoms with Crippen molar-refractivity contribution < 1.29 is 9.18 Å². The number of hydrogen-bond acceptors (Lipinski definition) is 1. The Morgan fingerprint density at radius 2 is 1.75 bits per heavy atom. The van der Waals surface area contributed by atoms with Crippen LogP contribution in [0.25, 0.3) is 10.8 Å². The van der Waals surface area contributed by atoms with Crippen molar-refractivity contribution in [3.05, 3.63) is 48.0 Å². The molecule has 0 saturated heterocycles. The molecule has 84 valence electrons. The summed E-state index contributed by atoms with van der Waals surface area (Å²) in [5.74, 6) is -0.378. The molecule has 1 amide bonds. The van der Waals surface area contributed by atoms with Gasteiger partial charge < -0.3 is 5.73 Å². The average molecular weight is 219 g/mol. The summed E-state index contributed by atoms with van der Waals surface area (Å²) in [4.78, 5) is 11.0. The predicted octanol–water partition coefficient (Wildman–Crippen LogP) is 2.91. The number of alkyl halides is 1. The molecule has 3 heteroatoms. The standard InChI is InChI=1S/C11H9NO.C2H5F/c12-11(13)10-7-3-5-8-4-1-2-6-9(8)10;1-2-3/h1-7H,(H2,12,13);2H2,1H3. The van der Waals surface area contributed by atoms with Crippen molar-refractivity contribution in [1.82, 2.24) is 0 Å². The normalized spacial score (nSPS) is 9.38. The number of carbonyl (C=O) groups is 1. The summed E-state index contributed by atoms with van der Waals surface area (Å²) in [7, 11) is 0. The van der Waals surface area contributed by atoms with Crippen LogP contribution < -0.4 is 5.73 Å². The van der Waals surface area contributed by atoms with E-state index in [1.54, 1.807) is 6.07 Å². The minimum Gasteiger partial charge on any atom is -0.366 e. The number of hydrogen-bond donors (Lipinski definition) is 1. The third kappa shape index (κ3) is 2.79. The van der Waals surface area contributed by atoms with Gasteiger partial charge in [-0.2, -0.15) is 0 Å². The van der Waals surface area contributed by atoms with Crippen molar-refractivity contribution in [2.24, 2.45) is 5.73 Å². The van der Waals surface area contributed by atoms with Gasteiger partial charge in [-0.1, -0.05) is 36.4 Å². The number of primary amides is 1. The molecule has 0 aliphatic carbocycles. The second kappa shape index (κ2) is 5.85. The molecule has 0 spiro atoms. The van der Waals surface area contributed by atoms with Crippen molar-refractivity contribution in [1.29, 1.82) is 0 Å². The fourth-order valence-electron chi connectivity index (χ4n) is 1.44. The Labute approximate surface area is 93.9 Å². The van der Waals surface area contributed by atoms with Gasteiger partial charge in [0.1, 0.15) is 0 Å². The first-order valence-corrected chi connectivity index (χ1v) is 5.04. The average Bonchev–Trinajstić information content (AvgIpc) is 2.29. The number of nitrogens with two attached hydrogens (primary N) is 1. The molecule has 0 heterocycles. The van der Waals surface area contributed by atoms with Gasteiger partial charge in [-0.05, 0) is 23.8 Å². The van der Waals surface area contributed by atoms with E-state index in [1.807, 2.05) is 36.4 Å². The van der Waals surface area contributed by atoms with E-state index in [2.05, 4.69) is 0 Å². The Morgan fingerprint density at radius 1 is 1.19 bits per heavy atom. The van der Waals surface area contributed by atoms with Crippen molar-refractivity contribution in [2.45, 2.75) is 6.92 Å². The molecule has 2 aromatic carbocycles. The third-order valence-electron chi connectivity index (χ3n) is 2.06. The molecule has 0 aliphatic rings. The lowest BCUT2D eigenvalue weighted by molar-refractivity contribution is 0.100. The zero-order valence-corrected chi connectivity index (χ0v) is 9.11. The zero-order valence-electron chi connectivity index (χ0n) is 9.11. The maximum atomic E-state index is 11.0. The number of benzene rings is 2. The summed E-state index contributed by atoms with van der Waals surface area (Å²) in [6.45, 7) is 1.21. The van der Waals surface area contributed by atoms with Gasteiger partial charge in [0.2, 0.25) is 5.91 Å². The molecule has 2 aromatic rings. The molecule has 0 bridgehead atoms. The monoisotopic (exact) mass is 219 g/mol. The molecule has 2 nitrogen and oxygen atoms in total. The van der Waals surface area contributed by atoms with Crippen LogP contribution >= 0.6 is 0 Å². The first-order valence-electron chi connectivity index (χ1n) is 5.04. The number of halogens is 1. The van der Waals surface area contributed by atoms with Gasteiger partial charge in [0.15, 0.2) is 0 Å². The summed E-state index contributed by atoms with van der Waals surface area (Å²) in [5.41, 5.74) is 5.82. The quantitative estimate of drug-likeness (QED) is 0.787. The number of fused-ring (bicyclic) bond motifs is 1.